The van der Waals surface area contributed by atoms with Gasteiger partial charge >= 0.3 is 0 Å². The smallest absolute Gasteiger partial charge is 0.230 e. The number of hydrogen-bond acceptors (Lipinski definition) is 4. The topological polar surface area (TPSA) is 90.0 Å². The number of carbonyl (C=O) groups excluding carboxylic acids is 3. The zero-order chi connectivity index (χ0) is 19.0. The highest BCUT2D eigenvalue weighted by atomic mass is 16.3. The summed E-state index contributed by atoms with van der Waals surface area (Å²) in [5.74, 6) is 0.390. The van der Waals surface area contributed by atoms with Gasteiger partial charge in [0.1, 0.15) is 0 Å². The number of hydrogen-bond donors (Lipinski definition) is 2. The largest absolute Gasteiger partial charge is 0.392 e. The molecule has 2 N–H and O–H groups in total. The van der Waals surface area contributed by atoms with Crippen molar-refractivity contribution >= 4 is 17.7 Å². The third kappa shape index (κ3) is 3.35. The minimum atomic E-state index is -0.840. The van der Waals surface area contributed by atoms with Gasteiger partial charge in [0.15, 0.2) is 0 Å². The van der Waals surface area contributed by atoms with Crippen molar-refractivity contribution in [2.45, 2.75) is 57.5 Å². The maximum Gasteiger partial charge on any atom is 0.230 e. The molecule has 3 aliphatic heterocycles. The molecule has 0 aromatic heterocycles. The monoisotopic (exact) mass is 377 g/mol. The van der Waals surface area contributed by atoms with E-state index in [2.05, 4.69) is 5.32 Å². The molecule has 0 bridgehead atoms. The molecule has 3 saturated heterocycles. The molecule has 3 amide bonds. The van der Waals surface area contributed by atoms with E-state index in [1.54, 1.807) is 4.90 Å². The van der Waals surface area contributed by atoms with E-state index in [4.69, 9.17) is 0 Å². The van der Waals surface area contributed by atoms with Crippen LogP contribution in [0.25, 0.3) is 0 Å². The molecule has 1 saturated carbocycles. The number of amides is 3. The Bertz CT molecular complexity index is 612. The van der Waals surface area contributed by atoms with Gasteiger partial charge in [0.2, 0.25) is 17.7 Å². The third-order valence-electron chi connectivity index (χ3n) is 7.24. The van der Waals surface area contributed by atoms with Gasteiger partial charge in [-0.1, -0.05) is 6.42 Å². The van der Waals surface area contributed by atoms with Gasteiger partial charge in [-0.05, 0) is 44.9 Å². The average molecular weight is 377 g/mol. The number of nitrogens with zero attached hydrogens (tertiary/aromatic N) is 2. The van der Waals surface area contributed by atoms with Crippen LogP contribution in [0.3, 0.4) is 0 Å². The van der Waals surface area contributed by atoms with Crippen LogP contribution in [-0.2, 0) is 14.4 Å². The standard InChI is InChI=1S/C20H31N3O4/c24-16-7-12-23(13-20(16)8-2-9-21-19(20)27)18(26)15-5-10-22(11-6-15)17(25)14-3-1-4-14/h14-16,24H,1-13H2,(H,21,27)/t16?,20-/m1/s1. The zero-order valence-electron chi connectivity index (χ0n) is 16.0. The highest BCUT2D eigenvalue weighted by molar-refractivity contribution is 5.86. The van der Waals surface area contributed by atoms with E-state index in [1.807, 2.05) is 4.90 Å². The second-order valence-electron chi connectivity index (χ2n) is 8.81. The van der Waals surface area contributed by atoms with Gasteiger partial charge in [0.25, 0.3) is 0 Å². The predicted octanol–water partition coefficient (Wildman–Crippen LogP) is 0.515. The Labute approximate surface area is 160 Å². The van der Waals surface area contributed by atoms with E-state index in [0.717, 1.165) is 25.7 Å². The molecule has 7 heteroatoms. The van der Waals surface area contributed by atoms with Crippen LogP contribution in [0.5, 0.6) is 0 Å². The van der Waals surface area contributed by atoms with Crippen LogP contribution >= 0.6 is 0 Å². The van der Waals surface area contributed by atoms with Crippen LogP contribution in [0.1, 0.15) is 51.4 Å². The molecular weight excluding hydrogens is 346 g/mol. The van der Waals surface area contributed by atoms with Crippen LogP contribution in [-0.4, -0.2) is 71.5 Å². The van der Waals surface area contributed by atoms with Crippen LogP contribution in [0.15, 0.2) is 0 Å². The first-order chi connectivity index (χ1) is 13.0. The molecule has 0 aromatic carbocycles. The van der Waals surface area contributed by atoms with Crippen LogP contribution in [0.2, 0.25) is 0 Å². The lowest BCUT2D eigenvalue weighted by Crippen LogP contribution is -2.62. The Kier molecular flexibility index (Phi) is 5.14. The molecule has 4 aliphatic rings. The van der Waals surface area contributed by atoms with Gasteiger partial charge in [-0.2, -0.15) is 0 Å². The summed E-state index contributed by atoms with van der Waals surface area (Å²) in [5.41, 5.74) is -0.840. The number of nitrogens with one attached hydrogen (secondary N) is 1. The minimum absolute atomic E-state index is 0.0746. The summed E-state index contributed by atoms with van der Waals surface area (Å²) in [6, 6.07) is 0. The maximum absolute atomic E-state index is 13.1. The van der Waals surface area contributed by atoms with Crippen LogP contribution < -0.4 is 5.32 Å². The maximum atomic E-state index is 13.1. The molecule has 1 unspecified atom stereocenters. The molecule has 27 heavy (non-hydrogen) atoms. The lowest BCUT2D eigenvalue weighted by molar-refractivity contribution is -0.158. The number of aliphatic hydroxyl groups is 1. The number of aliphatic hydroxyl groups excluding tert-OH is 1. The number of piperidine rings is 3. The fraction of sp³-hybridized carbons (Fsp3) is 0.850. The molecule has 7 nitrogen and oxygen atoms in total. The molecule has 4 fully saturated rings. The predicted molar refractivity (Wildman–Crippen MR) is 98.5 cm³/mol. The van der Waals surface area contributed by atoms with Crippen molar-refractivity contribution < 1.29 is 19.5 Å². The Morgan fingerprint density at radius 1 is 0.926 bits per heavy atom. The number of rotatable bonds is 2. The highest BCUT2D eigenvalue weighted by Gasteiger charge is 2.51. The second kappa shape index (κ2) is 7.41. The van der Waals surface area contributed by atoms with Gasteiger partial charge in [0, 0.05) is 44.6 Å². The highest BCUT2D eigenvalue weighted by Crippen LogP contribution is 2.38. The lowest BCUT2D eigenvalue weighted by Gasteiger charge is -2.48. The molecule has 1 aliphatic carbocycles. The van der Waals surface area contributed by atoms with E-state index in [-0.39, 0.29) is 29.6 Å². The van der Waals surface area contributed by atoms with Gasteiger partial charge in [-0.25, -0.2) is 0 Å². The first-order valence-electron chi connectivity index (χ1n) is 10.6. The Balaban J connectivity index is 1.35. The van der Waals surface area contributed by atoms with Crippen molar-refractivity contribution in [3.8, 4) is 0 Å². The second-order valence-corrected chi connectivity index (χ2v) is 8.81. The summed E-state index contributed by atoms with van der Waals surface area (Å²) in [4.78, 5) is 41.7. The Hall–Kier alpha value is -1.63. The van der Waals surface area contributed by atoms with Crippen molar-refractivity contribution in [3.05, 3.63) is 0 Å². The van der Waals surface area contributed by atoms with E-state index < -0.39 is 11.5 Å². The summed E-state index contributed by atoms with van der Waals surface area (Å²) in [5, 5.41) is 13.4. The van der Waals surface area contributed by atoms with Crippen molar-refractivity contribution in [2.75, 3.05) is 32.7 Å². The van der Waals surface area contributed by atoms with Gasteiger partial charge in [0.05, 0.1) is 11.5 Å². The molecule has 0 radical (unpaired) electrons. The van der Waals surface area contributed by atoms with Crippen molar-refractivity contribution in [2.24, 2.45) is 17.3 Å². The first-order valence-corrected chi connectivity index (χ1v) is 10.6. The molecule has 4 rings (SSSR count). The van der Waals surface area contributed by atoms with Crippen molar-refractivity contribution in [1.82, 2.24) is 15.1 Å². The van der Waals surface area contributed by atoms with Gasteiger partial charge < -0.3 is 20.2 Å². The Morgan fingerprint density at radius 3 is 2.19 bits per heavy atom. The minimum Gasteiger partial charge on any atom is -0.392 e. The summed E-state index contributed by atoms with van der Waals surface area (Å²) in [6.07, 6.45) is 5.84. The number of carbonyl (C=O) groups is 3. The quantitative estimate of drug-likeness (QED) is 0.734. The van der Waals surface area contributed by atoms with E-state index in [9.17, 15) is 19.5 Å². The molecule has 2 atom stereocenters. The van der Waals surface area contributed by atoms with Crippen LogP contribution in [0, 0.1) is 17.3 Å². The van der Waals surface area contributed by atoms with Gasteiger partial charge in [-0.15, -0.1) is 0 Å². The van der Waals surface area contributed by atoms with E-state index >= 15 is 0 Å². The summed E-state index contributed by atoms with van der Waals surface area (Å²) in [7, 11) is 0. The molecule has 150 valence electrons. The van der Waals surface area contributed by atoms with Crippen molar-refractivity contribution in [3.63, 3.8) is 0 Å². The van der Waals surface area contributed by atoms with E-state index in [1.165, 1.54) is 0 Å². The fourth-order valence-electron chi connectivity index (χ4n) is 5.15. The van der Waals surface area contributed by atoms with E-state index in [0.29, 0.717) is 58.4 Å². The normalized spacial score (nSPS) is 32.9. The molecule has 3 heterocycles. The third-order valence-corrected chi connectivity index (χ3v) is 7.24. The summed E-state index contributed by atoms with van der Waals surface area (Å²) < 4.78 is 0. The number of likely N-dealkylation sites (tertiary alicyclic amines) is 2. The molecule has 1 spiro atoms. The average Bonchev–Trinajstić information content (AvgIpc) is 2.64. The summed E-state index contributed by atoms with van der Waals surface area (Å²) >= 11 is 0. The molecule has 0 aromatic rings. The lowest BCUT2D eigenvalue weighted by atomic mass is 9.71. The first kappa shape index (κ1) is 18.7. The van der Waals surface area contributed by atoms with Crippen LogP contribution in [0.4, 0.5) is 0 Å². The summed E-state index contributed by atoms with van der Waals surface area (Å²) in [6.45, 7) is 2.80. The SMILES string of the molecule is O=C(C1CCC1)N1CCC(C(=O)N2CCC(O)[C@@]3(CCCNC3=O)C2)CC1. The molecular formula is C20H31N3O4. The van der Waals surface area contributed by atoms with Gasteiger partial charge in [-0.3, -0.25) is 14.4 Å². The zero-order valence-corrected chi connectivity index (χ0v) is 16.0. The van der Waals surface area contributed by atoms with Crippen molar-refractivity contribution in [1.29, 1.82) is 0 Å². The fourth-order valence-corrected chi connectivity index (χ4v) is 5.15. The Morgan fingerprint density at radius 2 is 1.56 bits per heavy atom.